The Balaban J connectivity index is 1.48. The first-order valence-electron chi connectivity index (χ1n) is 9.07. The largest absolute Gasteiger partial charge is 0.497 e. The Kier molecular flexibility index (Phi) is 5.74. The Labute approximate surface area is 149 Å². The standard InChI is InChI=1S/C20H27N3O2/c1-16-21-12-14-23(16)18-6-4-13-22(15-18)20(24)7-3-5-17-8-10-19(25-2)11-9-17/h8-12,14,18H,3-7,13,15H2,1-2H3/t18-/m0/s1. The molecule has 1 aliphatic rings. The van der Waals surface area contributed by atoms with E-state index in [4.69, 9.17) is 4.74 Å². The van der Waals surface area contributed by atoms with E-state index in [2.05, 4.69) is 21.7 Å². The highest BCUT2D eigenvalue weighted by Gasteiger charge is 2.24. The number of hydrogen-bond donors (Lipinski definition) is 0. The molecule has 1 saturated heterocycles. The molecule has 1 aromatic carbocycles. The molecule has 2 heterocycles. The third-order valence-corrected chi connectivity index (χ3v) is 5.02. The summed E-state index contributed by atoms with van der Waals surface area (Å²) in [4.78, 5) is 18.9. The number of amides is 1. The minimum atomic E-state index is 0.274. The molecule has 1 atom stereocenters. The molecule has 1 amide bonds. The van der Waals surface area contributed by atoms with E-state index in [9.17, 15) is 4.79 Å². The molecule has 3 rings (SSSR count). The molecule has 1 fully saturated rings. The van der Waals surface area contributed by atoms with Crippen LogP contribution in [0.5, 0.6) is 5.75 Å². The van der Waals surface area contributed by atoms with Gasteiger partial charge in [0.05, 0.1) is 13.2 Å². The number of imidazole rings is 1. The number of carbonyl (C=O) groups is 1. The molecular weight excluding hydrogens is 314 g/mol. The van der Waals surface area contributed by atoms with Crippen LogP contribution in [0.4, 0.5) is 0 Å². The maximum absolute atomic E-state index is 12.6. The average molecular weight is 341 g/mol. The molecule has 134 valence electrons. The lowest BCUT2D eigenvalue weighted by Crippen LogP contribution is -2.40. The van der Waals surface area contributed by atoms with E-state index in [1.54, 1.807) is 7.11 Å². The fraction of sp³-hybridized carbons (Fsp3) is 0.500. The van der Waals surface area contributed by atoms with Crippen LogP contribution in [-0.2, 0) is 11.2 Å². The molecule has 0 unspecified atom stereocenters. The predicted molar refractivity (Wildman–Crippen MR) is 97.7 cm³/mol. The smallest absolute Gasteiger partial charge is 0.222 e. The van der Waals surface area contributed by atoms with Crippen LogP contribution >= 0.6 is 0 Å². The van der Waals surface area contributed by atoms with Crippen molar-refractivity contribution < 1.29 is 9.53 Å². The van der Waals surface area contributed by atoms with Crippen molar-refractivity contribution in [3.63, 3.8) is 0 Å². The van der Waals surface area contributed by atoms with Gasteiger partial charge in [-0.2, -0.15) is 0 Å². The number of ether oxygens (including phenoxy) is 1. The van der Waals surface area contributed by atoms with Gasteiger partial charge in [0.2, 0.25) is 5.91 Å². The van der Waals surface area contributed by atoms with Crippen molar-refractivity contribution in [1.82, 2.24) is 14.5 Å². The minimum Gasteiger partial charge on any atom is -0.497 e. The van der Waals surface area contributed by atoms with Crippen molar-refractivity contribution in [3.05, 3.63) is 48.0 Å². The predicted octanol–water partition coefficient (Wildman–Crippen LogP) is 3.39. The van der Waals surface area contributed by atoms with Gasteiger partial charge in [-0.25, -0.2) is 4.98 Å². The number of aromatic nitrogens is 2. The quantitative estimate of drug-likeness (QED) is 0.809. The Morgan fingerprint density at radius 3 is 2.80 bits per heavy atom. The van der Waals surface area contributed by atoms with Gasteiger partial charge < -0.3 is 14.2 Å². The number of piperidine rings is 1. The van der Waals surface area contributed by atoms with Crippen LogP contribution in [0, 0.1) is 6.92 Å². The van der Waals surface area contributed by atoms with Gasteiger partial charge in [0.1, 0.15) is 11.6 Å². The summed E-state index contributed by atoms with van der Waals surface area (Å²) in [6, 6.07) is 8.45. The lowest BCUT2D eigenvalue weighted by Gasteiger charge is -2.34. The Morgan fingerprint density at radius 1 is 1.32 bits per heavy atom. The topological polar surface area (TPSA) is 47.4 Å². The number of likely N-dealkylation sites (tertiary alicyclic amines) is 1. The maximum atomic E-state index is 12.6. The van der Waals surface area contributed by atoms with Crippen LogP contribution in [0.3, 0.4) is 0 Å². The van der Waals surface area contributed by atoms with Crippen molar-refractivity contribution >= 4 is 5.91 Å². The van der Waals surface area contributed by atoms with E-state index in [0.717, 1.165) is 50.3 Å². The SMILES string of the molecule is COc1ccc(CCCC(=O)N2CCC[C@H](n3ccnc3C)C2)cc1. The normalized spacial score (nSPS) is 17.5. The van der Waals surface area contributed by atoms with Crippen LogP contribution in [0.15, 0.2) is 36.7 Å². The second kappa shape index (κ2) is 8.19. The number of hydrogen-bond acceptors (Lipinski definition) is 3. The summed E-state index contributed by atoms with van der Waals surface area (Å²) in [5.41, 5.74) is 1.25. The first-order valence-corrected chi connectivity index (χ1v) is 9.07. The van der Waals surface area contributed by atoms with Crippen molar-refractivity contribution in [2.75, 3.05) is 20.2 Å². The summed E-state index contributed by atoms with van der Waals surface area (Å²) < 4.78 is 7.38. The van der Waals surface area contributed by atoms with Gasteiger partial charge in [-0.3, -0.25) is 4.79 Å². The molecule has 0 N–H and O–H groups in total. The number of nitrogens with zero attached hydrogens (tertiary/aromatic N) is 3. The highest BCUT2D eigenvalue weighted by molar-refractivity contribution is 5.76. The zero-order chi connectivity index (χ0) is 17.6. The number of methoxy groups -OCH3 is 1. The number of rotatable bonds is 6. The highest BCUT2D eigenvalue weighted by atomic mass is 16.5. The molecule has 1 aromatic heterocycles. The summed E-state index contributed by atoms with van der Waals surface area (Å²) in [6.45, 7) is 3.71. The summed E-state index contributed by atoms with van der Waals surface area (Å²) in [7, 11) is 1.67. The van der Waals surface area contributed by atoms with E-state index >= 15 is 0 Å². The summed E-state index contributed by atoms with van der Waals surface area (Å²) in [5, 5.41) is 0. The number of aryl methyl sites for hydroxylation is 2. The van der Waals surface area contributed by atoms with Crippen molar-refractivity contribution in [1.29, 1.82) is 0 Å². The third-order valence-electron chi connectivity index (χ3n) is 5.02. The van der Waals surface area contributed by atoms with E-state index < -0.39 is 0 Å². The summed E-state index contributed by atoms with van der Waals surface area (Å²) >= 11 is 0. The van der Waals surface area contributed by atoms with Crippen molar-refractivity contribution in [3.8, 4) is 5.75 Å². The molecule has 5 heteroatoms. The lowest BCUT2D eigenvalue weighted by molar-refractivity contribution is -0.132. The Bertz CT molecular complexity index is 693. The molecule has 0 saturated carbocycles. The van der Waals surface area contributed by atoms with Crippen LogP contribution in [0.1, 0.15) is 43.1 Å². The average Bonchev–Trinajstić information content (AvgIpc) is 3.08. The van der Waals surface area contributed by atoms with Gasteiger partial charge in [0.15, 0.2) is 0 Å². The molecule has 1 aliphatic heterocycles. The third kappa shape index (κ3) is 4.41. The molecule has 0 bridgehead atoms. The van der Waals surface area contributed by atoms with Crippen LogP contribution < -0.4 is 4.74 Å². The zero-order valence-corrected chi connectivity index (χ0v) is 15.1. The van der Waals surface area contributed by atoms with Gasteiger partial charge in [-0.15, -0.1) is 0 Å². The lowest BCUT2D eigenvalue weighted by atomic mass is 10.0. The molecule has 5 nitrogen and oxygen atoms in total. The Hall–Kier alpha value is -2.30. The van der Waals surface area contributed by atoms with Gasteiger partial charge in [0, 0.05) is 31.9 Å². The second-order valence-corrected chi connectivity index (χ2v) is 6.72. The van der Waals surface area contributed by atoms with E-state index in [1.807, 2.05) is 36.4 Å². The molecular formula is C20H27N3O2. The molecule has 0 spiro atoms. The fourth-order valence-electron chi connectivity index (χ4n) is 3.58. The maximum Gasteiger partial charge on any atom is 0.222 e. The first kappa shape index (κ1) is 17.5. The van der Waals surface area contributed by atoms with Gasteiger partial charge >= 0.3 is 0 Å². The fourth-order valence-corrected chi connectivity index (χ4v) is 3.58. The van der Waals surface area contributed by atoms with E-state index in [1.165, 1.54) is 5.56 Å². The number of benzene rings is 1. The van der Waals surface area contributed by atoms with Crippen molar-refractivity contribution in [2.45, 2.75) is 45.1 Å². The van der Waals surface area contributed by atoms with Gasteiger partial charge in [-0.1, -0.05) is 12.1 Å². The Morgan fingerprint density at radius 2 is 2.12 bits per heavy atom. The van der Waals surface area contributed by atoms with Crippen molar-refractivity contribution in [2.24, 2.45) is 0 Å². The van der Waals surface area contributed by atoms with Crippen LogP contribution in [-0.4, -0.2) is 40.6 Å². The van der Waals surface area contributed by atoms with Crippen LogP contribution in [0.25, 0.3) is 0 Å². The molecule has 0 radical (unpaired) electrons. The van der Waals surface area contributed by atoms with E-state index in [-0.39, 0.29) is 5.91 Å². The summed E-state index contributed by atoms with van der Waals surface area (Å²) in [5.74, 6) is 2.17. The molecule has 2 aromatic rings. The van der Waals surface area contributed by atoms with Gasteiger partial charge in [-0.05, 0) is 50.3 Å². The van der Waals surface area contributed by atoms with Gasteiger partial charge in [0.25, 0.3) is 0 Å². The summed E-state index contributed by atoms with van der Waals surface area (Å²) in [6.07, 6.45) is 8.47. The second-order valence-electron chi connectivity index (χ2n) is 6.72. The van der Waals surface area contributed by atoms with E-state index in [0.29, 0.717) is 12.5 Å². The first-order chi connectivity index (χ1) is 12.2. The van der Waals surface area contributed by atoms with Crippen LogP contribution in [0.2, 0.25) is 0 Å². The number of carbonyl (C=O) groups excluding carboxylic acids is 1. The molecule has 25 heavy (non-hydrogen) atoms. The zero-order valence-electron chi connectivity index (χ0n) is 15.1. The highest BCUT2D eigenvalue weighted by Crippen LogP contribution is 2.23. The molecule has 0 aliphatic carbocycles. The monoisotopic (exact) mass is 341 g/mol. The minimum absolute atomic E-state index is 0.274.